The number of amides is 2. The molecule has 12 nitrogen and oxygen atoms in total. The van der Waals surface area contributed by atoms with E-state index in [1.54, 1.807) is 43.3 Å². The number of benzene rings is 2. The second-order valence-electron chi connectivity index (χ2n) is 7.39. The lowest BCUT2D eigenvalue weighted by Crippen LogP contribution is -2.21. The van der Waals surface area contributed by atoms with Gasteiger partial charge in [-0.2, -0.15) is 0 Å². The molecule has 0 aliphatic carbocycles. The van der Waals surface area contributed by atoms with E-state index in [9.17, 15) is 9.59 Å². The summed E-state index contributed by atoms with van der Waals surface area (Å²) in [7, 11) is 0. The van der Waals surface area contributed by atoms with Gasteiger partial charge < -0.3 is 29.8 Å². The van der Waals surface area contributed by atoms with Crippen molar-refractivity contribution in [1.29, 1.82) is 0 Å². The number of aromatic nitrogens is 3. The van der Waals surface area contributed by atoms with Crippen LogP contribution in [0.3, 0.4) is 0 Å². The van der Waals surface area contributed by atoms with Gasteiger partial charge in [-0.15, -0.1) is 10.2 Å². The number of carbonyl (C=O) groups excluding carboxylic acids is 2. The Labute approximate surface area is 211 Å². The summed E-state index contributed by atoms with van der Waals surface area (Å²) in [5.74, 6) is -0.304. The molecule has 0 saturated heterocycles. The van der Waals surface area contributed by atoms with Crippen LogP contribution in [-0.2, 0) is 4.74 Å². The molecule has 4 N–H and O–H groups in total. The van der Waals surface area contributed by atoms with Gasteiger partial charge in [0.1, 0.15) is 19.0 Å². The number of hydrogen-bond donors (Lipinski definition) is 3. The van der Waals surface area contributed by atoms with Crippen LogP contribution < -0.4 is 25.8 Å². The molecule has 12 heteroatoms. The van der Waals surface area contributed by atoms with Gasteiger partial charge in [-0.3, -0.25) is 5.32 Å². The van der Waals surface area contributed by atoms with Gasteiger partial charge in [-0.05, 0) is 36.3 Å². The van der Waals surface area contributed by atoms with Crippen molar-refractivity contribution in [2.75, 3.05) is 36.2 Å². The van der Waals surface area contributed by atoms with Crippen molar-refractivity contribution in [2.24, 2.45) is 0 Å². The summed E-state index contributed by atoms with van der Waals surface area (Å²) in [4.78, 5) is 24.5. The Bertz CT molecular complexity index is 1340. The molecule has 2 heterocycles. The Morgan fingerprint density at radius 3 is 2.43 bits per heavy atom. The van der Waals surface area contributed by atoms with E-state index in [1.165, 1.54) is 0 Å². The first kappa shape index (κ1) is 25.0. The zero-order valence-corrected chi connectivity index (χ0v) is 19.8. The first-order valence-corrected chi connectivity index (χ1v) is 11.3. The number of rotatable bonds is 10. The average molecular weight is 505 g/mol. The molecular formula is C25H24N6O6. The predicted octanol–water partition coefficient (Wildman–Crippen LogP) is 3.99. The zero-order valence-electron chi connectivity index (χ0n) is 19.8. The van der Waals surface area contributed by atoms with Gasteiger partial charge in [-0.25, -0.2) is 9.59 Å². The molecule has 2 amide bonds. The predicted molar refractivity (Wildman–Crippen MR) is 134 cm³/mol. The minimum atomic E-state index is -0.697. The second kappa shape index (κ2) is 12.0. The zero-order chi connectivity index (χ0) is 26.0. The van der Waals surface area contributed by atoms with Crippen molar-refractivity contribution in [3.63, 3.8) is 0 Å². The molecule has 0 saturated carbocycles. The molecule has 0 fully saturated rings. The van der Waals surface area contributed by atoms with Crippen LogP contribution in [0.25, 0.3) is 11.3 Å². The van der Waals surface area contributed by atoms with Crippen LogP contribution in [0.4, 0.5) is 22.2 Å². The third-order valence-corrected chi connectivity index (χ3v) is 4.86. The van der Waals surface area contributed by atoms with Crippen molar-refractivity contribution < 1.29 is 28.3 Å². The summed E-state index contributed by atoms with van der Waals surface area (Å²) in [5.41, 5.74) is 7.58. The highest BCUT2D eigenvalue weighted by atomic mass is 16.6. The van der Waals surface area contributed by atoms with E-state index in [0.717, 1.165) is 5.56 Å². The molecule has 0 bridgehead atoms. The number of urea groups is 1. The molecule has 0 spiro atoms. The summed E-state index contributed by atoms with van der Waals surface area (Å²) >= 11 is 0. The molecule has 0 unspecified atom stereocenters. The fraction of sp³-hybridized carbons (Fsp3) is 0.160. The Morgan fingerprint density at radius 1 is 0.919 bits per heavy atom. The third-order valence-electron chi connectivity index (χ3n) is 4.86. The number of nitrogens with zero attached hydrogens (tertiary/aromatic N) is 3. The highest BCUT2D eigenvalue weighted by molar-refractivity contribution is 6.00. The van der Waals surface area contributed by atoms with E-state index in [1.807, 2.05) is 30.3 Å². The van der Waals surface area contributed by atoms with Crippen LogP contribution in [0.5, 0.6) is 11.6 Å². The Balaban J connectivity index is 1.30. The standard InChI is InChI=1S/C25H24N6O6/c1-2-34-24(32)21-22(26)37-31-23(21)36-15-14-35-19-11-7-6-10-18(19)27-25(33)28-20-13-12-17(29-30-20)16-8-4-3-5-9-16/h3-13H,2,14-15,26H2,1H3,(H2,27,28,30,33). The van der Waals surface area contributed by atoms with E-state index in [-0.39, 0.29) is 43.0 Å². The number of nitrogen functional groups attached to an aromatic ring is 1. The van der Waals surface area contributed by atoms with Crippen LogP contribution in [-0.4, -0.2) is 47.2 Å². The maximum absolute atomic E-state index is 12.5. The van der Waals surface area contributed by atoms with Crippen molar-refractivity contribution in [1.82, 2.24) is 15.4 Å². The van der Waals surface area contributed by atoms with Crippen molar-refractivity contribution >= 4 is 29.4 Å². The Morgan fingerprint density at radius 2 is 1.68 bits per heavy atom. The van der Waals surface area contributed by atoms with Gasteiger partial charge in [-0.1, -0.05) is 42.5 Å². The van der Waals surface area contributed by atoms with E-state index in [2.05, 4.69) is 26.0 Å². The summed E-state index contributed by atoms with van der Waals surface area (Å²) in [6.07, 6.45) is 0. The summed E-state index contributed by atoms with van der Waals surface area (Å²) in [6, 6.07) is 19.4. The molecule has 4 rings (SSSR count). The maximum Gasteiger partial charge on any atom is 0.349 e. The van der Waals surface area contributed by atoms with Crippen LogP contribution in [0.15, 0.2) is 71.3 Å². The number of para-hydroxylation sites is 2. The molecule has 0 aliphatic heterocycles. The number of nitrogens with two attached hydrogens (primary N) is 1. The number of nitrogens with one attached hydrogen (secondary N) is 2. The van der Waals surface area contributed by atoms with Crippen molar-refractivity contribution in [3.8, 4) is 22.9 Å². The van der Waals surface area contributed by atoms with Crippen LogP contribution in [0.1, 0.15) is 17.3 Å². The number of esters is 1. The fourth-order valence-corrected chi connectivity index (χ4v) is 3.19. The first-order chi connectivity index (χ1) is 18.0. The molecule has 0 atom stereocenters. The van der Waals surface area contributed by atoms with Crippen molar-refractivity contribution in [3.05, 3.63) is 72.3 Å². The largest absolute Gasteiger partial charge is 0.488 e. The van der Waals surface area contributed by atoms with E-state index in [4.69, 9.17) is 24.5 Å². The van der Waals surface area contributed by atoms with Crippen LogP contribution in [0, 0.1) is 0 Å². The smallest absolute Gasteiger partial charge is 0.349 e. The SMILES string of the molecule is CCOC(=O)c1c(OCCOc2ccccc2NC(=O)Nc2ccc(-c3ccccc3)nn2)noc1N. The van der Waals surface area contributed by atoms with E-state index in [0.29, 0.717) is 17.1 Å². The van der Waals surface area contributed by atoms with Gasteiger partial charge in [0.15, 0.2) is 11.4 Å². The van der Waals surface area contributed by atoms with Gasteiger partial charge in [0.2, 0.25) is 5.88 Å². The van der Waals surface area contributed by atoms with Gasteiger partial charge in [0, 0.05) is 5.56 Å². The highest BCUT2D eigenvalue weighted by Gasteiger charge is 2.24. The summed E-state index contributed by atoms with van der Waals surface area (Å²) in [5, 5.41) is 17.2. The van der Waals surface area contributed by atoms with Gasteiger partial charge in [0.25, 0.3) is 5.88 Å². The van der Waals surface area contributed by atoms with Crippen molar-refractivity contribution in [2.45, 2.75) is 6.92 Å². The second-order valence-corrected chi connectivity index (χ2v) is 7.39. The molecule has 4 aromatic rings. The summed E-state index contributed by atoms with van der Waals surface area (Å²) in [6.45, 7) is 1.91. The average Bonchev–Trinajstić information content (AvgIpc) is 3.28. The van der Waals surface area contributed by atoms with Crippen LogP contribution >= 0.6 is 0 Å². The lowest BCUT2D eigenvalue weighted by atomic mass is 10.1. The number of anilines is 3. The van der Waals surface area contributed by atoms with E-state index >= 15 is 0 Å². The lowest BCUT2D eigenvalue weighted by molar-refractivity contribution is 0.0522. The fourth-order valence-electron chi connectivity index (χ4n) is 3.19. The van der Waals surface area contributed by atoms with E-state index < -0.39 is 12.0 Å². The minimum Gasteiger partial charge on any atom is -0.488 e. The van der Waals surface area contributed by atoms with Gasteiger partial charge in [0.05, 0.1) is 18.0 Å². The number of carbonyl (C=O) groups is 2. The Kier molecular flexibility index (Phi) is 8.11. The topological polar surface area (TPSA) is 164 Å². The molecule has 190 valence electrons. The molecule has 0 radical (unpaired) electrons. The molecule has 2 aromatic heterocycles. The molecule has 37 heavy (non-hydrogen) atoms. The third kappa shape index (κ3) is 6.51. The maximum atomic E-state index is 12.5. The number of ether oxygens (including phenoxy) is 3. The quantitative estimate of drug-likeness (QED) is 0.212. The molecule has 2 aromatic carbocycles. The highest BCUT2D eigenvalue weighted by Crippen LogP contribution is 2.26. The Hall–Kier alpha value is -5.13. The summed E-state index contributed by atoms with van der Waals surface area (Å²) < 4.78 is 20.9. The molecule has 0 aliphatic rings. The monoisotopic (exact) mass is 504 g/mol. The normalized spacial score (nSPS) is 10.4. The van der Waals surface area contributed by atoms with Crippen LogP contribution in [0.2, 0.25) is 0 Å². The minimum absolute atomic E-state index is 0.0161. The lowest BCUT2D eigenvalue weighted by Gasteiger charge is -2.13. The number of hydrogen-bond acceptors (Lipinski definition) is 10. The first-order valence-electron chi connectivity index (χ1n) is 11.3. The van der Waals surface area contributed by atoms with Gasteiger partial charge >= 0.3 is 12.0 Å². The molecular weight excluding hydrogens is 480 g/mol.